The third-order valence-corrected chi connectivity index (χ3v) is 4.45. The first-order chi connectivity index (χ1) is 11.0. The van der Waals surface area contributed by atoms with E-state index < -0.39 is 6.04 Å². The number of furan rings is 1. The molecule has 2 N–H and O–H groups in total. The van der Waals surface area contributed by atoms with Crippen molar-refractivity contribution < 1.29 is 14.0 Å². The van der Waals surface area contributed by atoms with Gasteiger partial charge in [0.15, 0.2) is 0 Å². The van der Waals surface area contributed by atoms with Crippen LogP contribution in [0.1, 0.15) is 58.1 Å². The third-order valence-electron chi connectivity index (χ3n) is 4.45. The maximum atomic E-state index is 12.2. The van der Waals surface area contributed by atoms with Crippen LogP contribution in [0.2, 0.25) is 0 Å². The Morgan fingerprint density at radius 3 is 2.61 bits per heavy atom. The molecule has 23 heavy (non-hydrogen) atoms. The Balaban J connectivity index is 1.69. The summed E-state index contributed by atoms with van der Waals surface area (Å²) in [6.07, 6.45) is 8.79. The highest BCUT2D eigenvalue weighted by atomic mass is 16.3. The summed E-state index contributed by atoms with van der Waals surface area (Å²) < 4.78 is 5.27. The van der Waals surface area contributed by atoms with Crippen LogP contribution in [0, 0.1) is 5.92 Å². The van der Waals surface area contributed by atoms with Gasteiger partial charge in [0.1, 0.15) is 11.8 Å². The molecular formula is C18H28N2O3. The van der Waals surface area contributed by atoms with E-state index in [0.717, 1.165) is 18.6 Å². The number of carbonyl (C=O) groups excluding carboxylic acids is 2. The molecule has 5 heteroatoms. The number of hydrogen-bond donors (Lipinski definition) is 2. The minimum absolute atomic E-state index is 0.0155. The Hall–Kier alpha value is -1.78. The average Bonchev–Trinajstić information content (AvgIpc) is 3.00. The summed E-state index contributed by atoms with van der Waals surface area (Å²) in [5, 5.41) is 5.73. The Kier molecular flexibility index (Phi) is 6.68. The highest BCUT2D eigenvalue weighted by molar-refractivity contribution is 5.87. The monoisotopic (exact) mass is 320 g/mol. The van der Waals surface area contributed by atoms with Crippen molar-refractivity contribution in [2.24, 2.45) is 5.92 Å². The van der Waals surface area contributed by atoms with Gasteiger partial charge in [0.05, 0.1) is 6.26 Å². The first kappa shape index (κ1) is 17.6. The Morgan fingerprint density at radius 1 is 1.22 bits per heavy atom. The van der Waals surface area contributed by atoms with Crippen LogP contribution in [0.15, 0.2) is 22.8 Å². The molecule has 1 heterocycles. The van der Waals surface area contributed by atoms with Crippen molar-refractivity contribution in [3.63, 3.8) is 0 Å². The molecule has 0 unspecified atom stereocenters. The molecular weight excluding hydrogens is 292 g/mol. The van der Waals surface area contributed by atoms with Gasteiger partial charge in [-0.25, -0.2) is 0 Å². The van der Waals surface area contributed by atoms with Gasteiger partial charge in [-0.05, 0) is 44.7 Å². The minimum atomic E-state index is -0.509. The van der Waals surface area contributed by atoms with Gasteiger partial charge in [0.2, 0.25) is 11.8 Å². The SMILES string of the molecule is C[C@H](Cc1ccco1)NC(=O)[C@@H](C)NC(=O)CC1CCCCC1. The topological polar surface area (TPSA) is 71.3 Å². The van der Waals surface area contributed by atoms with Gasteiger partial charge in [0.25, 0.3) is 0 Å². The van der Waals surface area contributed by atoms with Crippen LogP contribution in [0.25, 0.3) is 0 Å². The molecule has 2 atom stereocenters. The number of hydrogen-bond acceptors (Lipinski definition) is 3. The van der Waals surface area contributed by atoms with E-state index in [1.165, 1.54) is 19.3 Å². The van der Waals surface area contributed by atoms with Crippen LogP contribution in [0.3, 0.4) is 0 Å². The van der Waals surface area contributed by atoms with E-state index in [1.54, 1.807) is 13.2 Å². The van der Waals surface area contributed by atoms with Gasteiger partial charge in [-0.1, -0.05) is 19.3 Å². The number of nitrogens with one attached hydrogen (secondary N) is 2. The van der Waals surface area contributed by atoms with E-state index in [4.69, 9.17) is 4.42 Å². The summed E-state index contributed by atoms with van der Waals surface area (Å²) in [5.41, 5.74) is 0. The summed E-state index contributed by atoms with van der Waals surface area (Å²) in [6.45, 7) is 3.66. The molecule has 0 saturated heterocycles. The number of rotatable bonds is 7. The largest absolute Gasteiger partial charge is 0.469 e. The summed E-state index contributed by atoms with van der Waals surface area (Å²) >= 11 is 0. The average molecular weight is 320 g/mol. The molecule has 1 aliphatic carbocycles. The van der Waals surface area contributed by atoms with Crippen molar-refractivity contribution in [2.75, 3.05) is 0 Å². The molecule has 2 amide bonds. The van der Waals surface area contributed by atoms with Crippen LogP contribution in [0.4, 0.5) is 0 Å². The van der Waals surface area contributed by atoms with Crippen LogP contribution in [-0.2, 0) is 16.0 Å². The molecule has 1 saturated carbocycles. The van der Waals surface area contributed by atoms with Gasteiger partial charge < -0.3 is 15.1 Å². The predicted molar refractivity (Wildman–Crippen MR) is 88.8 cm³/mol. The van der Waals surface area contributed by atoms with Crippen LogP contribution < -0.4 is 10.6 Å². The molecule has 0 aromatic carbocycles. The van der Waals surface area contributed by atoms with Crippen molar-refractivity contribution in [1.82, 2.24) is 10.6 Å². The summed E-state index contributed by atoms with van der Waals surface area (Å²) in [5.74, 6) is 1.16. The Bertz CT molecular complexity index is 492. The zero-order valence-corrected chi connectivity index (χ0v) is 14.1. The first-order valence-electron chi connectivity index (χ1n) is 8.66. The molecule has 0 radical (unpaired) electrons. The van der Waals surface area contributed by atoms with Crippen molar-refractivity contribution >= 4 is 11.8 Å². The lowest BCUT2D eigenvalue weighted by atomic mass is 9.87. The molecule has 1 fully saturated rings. The summed E-state index contributed by atoms with van der Waals surface area (Å²) in [7, 11) is 0. The van der Waals surface area contributed by atoms with Gasteiger partial charge >= 0.3 is 0 Å². The first-order valence-corrected chi connectivity index (χ1v) is 8.66. The van der Waals surface area contributed by atoms with Crippen LogP contribution >= 0.6 is 0 Å². The predicted octanol–water partition coefficient (Wildman–Crippen LogP) is 2.80. The second kappa shape index (κ2) is 8.75. The summed E-state index contributed by atoms with van der Waals surface area (Å²) in [4.78, 5) is 24.2. The van der Waals surface area contributed by atoms with Crippen LogP contribution in [-0.4, -0.2) is 23.9 Å². The molecule has 1 aromatic rings. The van der Waals surface area contributed by atoms with Crippen LogP contribution in [0.5, 0.6) is 0 Å². The molecule has 128 valence electrons. The van der Waals surface area contributed by atoms with Gasteiger partial charge in [-0.3, -0.25) is 9.59 Å². The smallest absolute Gasteiger partial charge is 0.242 e. The second-order valence-corrected chi connectivity index (χ2v) is 6.69. The van der Waals surface area contributed by atoms with Gasteiger partial charge in [-0.2, -0.15) is 0 Å². The van der Waals surface area contributed by atoms with Crippen molar-refractivity contribution in [2.45, 2.75) is 70.9 Å². The highest BCUT2D eigenvalue weighted by Gasteiger charge is 2.21. The lowest BCUT2D eigenvalue weighted by molar-refractivity contribution is -0.129. The fourth-order valence-corrected chi connectivity index (χ4v) is 3.17. The van der Waals surface area contributed by atoms with E-state index in [0.29, 0.717) is 18.8 Å². The molecule has 5 nitrogen and oxygen atoms in total. The third kappa shape index (κ3) is 6.08. The zero-order chi connectivity index (χ0) is 16.7. The van der Waals surface area contributed by atoms with Crippen molar-refractivity contribution in [1.29, 1.82) is 0 Å². The molecule has 1 aliphatic rings. The van der Waals surface area contributed by atoms with E-state index in [9.17, 15) is 9.59 Å². The maximum absolute atomic E-state index is 12.2. The summed E-state index contributed by atoms with van der Waals surface area (Å²) in [6, 6.07) is 3.17. The van der Waals surface area contributed by atoms with E-state index in [1.807, 2.05) is 19.1 Å². The van der Waals surface area contributed by atoms with Crippen molar-refractivity contribution in [3.05, 3.63) is 24.2 Å². The maximum Gasteiger partial charge on any atom is 0.242 e. The zero-order valence-electron chi connectivity index (χ0n) is 14.1. The highest BCUT2D eigenvalue weighted by Crippen LogP contribution is 2.26. The standard InChI is InChI=1S/C18H28N2O3/c1-13(11-16-9-6-10-23-16)19-18(22)14(2)20-17(21)12-15-7-4-3-5-8-15/h6,9-10,13-15H,3-5,7-8,11-12H2,1-2H3,(H,19,22)(H,20,21)/t13-,14-/m1/s1. The quantitative estimate of drug-likeness (QED) is 0.811. The second-order valence-electron chi connectivity index (χ2n) is 6.69. The molecule has 0 bridgehead atoms. The van der Waals surface area contributed by atoms with Gasteiger partial charge in [0, 0.05) is 18.9 Å². The molecule has 2 rings (SSSR count). The van der Waals surface area contributed by atoms with E-state index in [2.05, 4.69) is 10.6 Å². The molecule has 0 spiro atoms. The van der Waals surface area contributed by atoms with Gasteiger partial charge in [-0.15, -0.1) is 0 Å². The normalized spacial score (nSPS) is 18.2. The fraction of sp³-hybridized carbons (Fsp3) is 0.667. The lowest BCUT2D eigenvalue weighted by Gasteiger charge is -2.22. The fourth-order valence-electron chi connectivity index (χ4n) is 3.17. The number of carbonyl (C=O) groups is 2. The molecule has 1 aromatic heterocycles. The van der Waals surface area contributed by atoms with Crippen molar-refractivity contribution in [3.8, 4) is 0 Å². The molecule has 0 aliphatic heterocycles. The Morgan fingerprint density at radius 2 is 1.96 bits per heavy atom. The lowest BCUT2D eigenvalue weighted by Crippen LogP contribution is -2.48. The van der Waals surface area contributed by atoms with E-state index in [-0.39, 0.29) is 17.9 Å². The van der Waals surface area contributed by atoms with E-state index >= 15 is 0 Å². The number of amides is 2. The Labute approximate surface area is 138 Å². The minimum Gasteiger partial charge on any atom is -0.469 e.